The predicted octanol–water partition coefficient (Wildman–Crippen LogP) is -0.858. The molecule has 2 aromatic rings. The molecule has 0 aromatic carbocycles. The SMILES string of the molecule is O=C(NCc1cccnn1)c1cn(C2CNC2)nn1. The van der Waals surface area contributed by atoms with Crippen molar-refractivity contribution in [2.45, 2.75) is 12.6 Å². The summed E-state index contributed by atoms with van der Waals surface area (Å²) in [6.45, 7) is 2.05. The van der Waals surface area contributed by atoms with Gasteiger partial charge >= 0.3 is 0 Å². The van der Waals surface area contributed by atoms with Crippen LogP contribution in [0.1, 0.15) is 22.2 Å². The summed E-state index contributed by atoms with van der Waals surface area (Å²) in [7, 11) is 0. The van der Waals surface area contributed by atoms with E-state index >= 15 is 0 Å². The Morgan fingerprint density at radius 2 is 2.37 bits per heavy atom. The standard InChI is InChI=1S/C11H13N7O/c19-11(13-4-8-2-1-3-14-15-8)10-7-18(17-16-10)9-5-12-6-9/h1-3,7,9,12H,4-6H2,(H,13,19). The van der Waals surface area contributed by atoms with Gasteiger partial charge < -0.3 is 10.6 Å². The highest BCUT2D eigenvalue weighted by Gasteiger charge is 2.21. The monoisotopic (exact) mass is 259 g/mol. The molecule has 1 aliphatic heterocycles. The zero-order valence-corrected chi connectivity index (χ0v) is 10.2. The van der Waals surface area contributed by atoms with Gasteiger partial charge in [-0.2, -0.15) is 10.2 Å². The molecule has 98 valence electrons. The second kappa shape index (κ2) is 5.11. The summed E-state index contributed by atoms with van der Waals surface area (Å²) < 4.78 is 1.72. The van der Waals surface area contributed by atoms with Gasteiger partial charge in [-0.25, -0.2) is 4.68 Å². The maximum atomic E-state index is 11.9. The smallest absolute Gasteiger partial charge is 0.273 e. The zero-order valence-electron chi connectivity index (χ0n) is 10.2. The molecule has 8 heteroatoms. The molecule has 1 saturated heterocycles. The fourth-order valence-electron chi connectivity index (χ4n) is 1.71. The second-order valence-corrected chi connectivity index (χ2v) is 4.29. The van der Waals surface area contributed by atoms with Crippen LogP contribution in [0.4, 0.5) is 0 Å². The van der Waals surface area contributed by atoms with E-state index in [1.54, 1.807) is 29.2 Å². The lowest BCUT2D eigenvalue weighted by molar-refractivity contribution is 0.0945. The number of aromatic nitrogens is 5. The fraction of sp³-hybridized carbons (Fsp3) is 0.364. The van der Waals surface area contributed by atoms with Gasteiger partial charge in [0.1, 0.15) is 0 Å². The van der Waals surface area contributed by atoms with E-state index in [1.165, 1.54) is 0 Å². The van der Waals surface area contributed by atoms with Crippen molar-refractivity contribution >= 4 is 5.91 Å². The maximum Gasteiger partial charge on any atom is 0.273 e. The summed E-state index contributed by atoms with van der Waals surface area (Å²) >= 11 is 0. The van der Waals surface area contributed by atoms with Crippen LogP contribution in [-0.4, -0.2) is 44.2 Å². The van der Waals surface area contributed by atoms with Crippen LogP contribution in [0.5, 0.6) is 0 Å². The highest BCUT2D eigenvalue weighted by molar-refractivity contribution is 5.91. The Kier molecular flexibility index (Phi) is 3.15. The minimum absolute atomic E-state index is 0.260. The summed E-state index contributed by atoms with van der Waals surface area (Å²) in [6.07, 6.45) is 3.25. The Labute approximate surface area is 109 Å². The van der Waals surface area contributed by atoms with E-state index in [0.29, 0.717) is 24.0 Å². The molecule has 0 unspecified atom stereocenters. The molecule has 0 saturated carbocycles. The number of nitrogens with one attached hydrogen (secondary N) is 2. The first kappa shape index (κ1) is 11.7. The number of hydrogen-bond donors (Lipinski definition) is 2. The molecule has 1 amide bonds. The molecule has 0 spiro atoms. The fourth-order valence-corrected chi connectivity index (χ4v) is 1.71. The molecule has 0 radical (unpaired) electrons. The summed E-state index contributed by atoms with van der Waals surface area (Å²) in [5.74, 6) is -0.260. The third-order valence-electron chi connectivity index (χ3n) is 2.93. The van der Waals surface area contributed by atoms with Crippen LogP contribution in [-0.2, 0) is 6.54 Å². The van der Waals surface area contributed by atoms with E-state index < -0.39 is 0 Å². The Balaban J connectivity index is 1.59. The second-order valence-electron chi connectivity index (χ2n) is 4.29. The molecular weight excluding hydrogens is 246 g/mol. The van der Waals surface area contributed by atoms with Gasteiger partial charge in [0, 0.05) is 19.3 Å². The van der Waals surface area contributed by atoms with Crippen LogP contribution in [0, 0.1) is 0 Å². The average Bonchev–Trinajstić information content (AvgIpc) is 2.84. The van der Waals surface area contributed by atoms with Gasteiger partial charge in [-0.05, 0) is 12.1 Å². The number of rotatable bonds is 4. The van der Waals surface area contributed by atoms with Crippen LogP contribution in [0.3, 0.4) is 0 Å². The average molecular weight is 259 g/mol. The van der Waals surface area contributed by atoms with Crippen molar-refractivity contribution < 1.29 is 4.79 Å². The molecule has 0 bridgehead atoms. The van der Waals surface area contributed by atoms with Crippen LogP contribution in [0.2, 0.25) is 0 Å². The molecule has 1 fully saturated rings. The molecule has 19 heavy (non-hydrogen) atoms. The molecule has 1 aliphatic rings. The zero-order chi connectivity index (χ0) is 13.1. The largest absolute Gasteiger partial charge is 0.345 e. The predicted molar refractivity (Wildman–Crippen MR) is 65.1 cm³/mol. The molecule has 0 atom stereocenters. The topological polar surface area (TPSA) is 97.6 Å². The lowest BCUT2D eigenvalue weighted by Gasteiger charge is -2.26. The Hall–Kier alpha value is -2.35. The first-order chi connectivity index (χ1) is 9.33. The van der Waals surface area contributed by atoms with E-state index in [1.807, 2.05) is 0 Å². The minimum atomic E-state index is -0.260. The van der Waals surface area contributed by atoms with Gasteiger partial charge in [0.15, 0.2) is 5.69 Å². The first-order valence-corrected chi connectivity index (χ1v) is 6.00. The van der Waals surface area contributed by atoms with E-state index in [9.17, 15) is 4.79 Å². The van der Waals surface area contributed by atoms with Crippen molar-refractivity contribution in [2.24, 2.45) is 0 Å². The maximum absolute atomic E-state index is 11.9. The normalized spacial score (nSPS) is 14.9. The number of nitrogens with zero attached hydrogens (tertiary/aromatic N) is 5. The quantitative estimate of drug-likeness (QED) is 0.741. The van der Waals surface area contributed by atoms with Gasteiger partial charge in [-0.3, -0.25) is 4.79 Å². The number of amides is 1. The van der Waals surface area contributed by atoms with Crippen molar-refractivity contribution in [3.63, 3.8) is 0 Å². The molecular formula is C11H13N7O. The first-order valence-electron chi connectivity index (χ1n) is 6.00. The Morgan fingerprint density at radius 1 is 1.47 bits per heavy atom. The van der Waals surface area contributed by atoms with Crippen molar-refractivity contribution in [1.82, 2.24) is 35.8 Å². The summed E-state index contributed by atoms with van der Waals surface area (Å²) in [6, 6.07) is 3.87. The molecule has 3 heterocycles. The van der Waals surface area contributed by atoms with Crippen molar-refractivity contribution in [2.75, 3.05) is 13.1 Å². The van der Waals surface area contributed by atoms with E-state index in [4.69, 9.17) is 0 Å². The molecule has 2 N–H and O–H groups in total. The van der Waals surface area contributed by atoms with Crippen LogP contribution in [0.15, 0.2) is 24.5 Å². The highest BCUT2D eigenvalue weighted by Crippen LogP contribution is 2.09. The number of hydrogen-bond acceptors (Lipinski definition) is 6. The van der Waals surface area contributed by atoms with Crippen LogP contribution >= 0.6 is 0 Å². The van der Waals surface area contributed by atoms with Gasteiger partial charge in [-0.15, -0.1) is 5.10 Å². The van der Waals surface area contributed by atoms with Gasteiger partial charge in [0.05, 0.1) is 24.5 Å². The highest BCUT2D eigenvalue weighted by atomic mass is 16.2. The third kappa shape index (κ3) is 2.58. The number of carbonyl (C=O) groups is 1. The van der Waals surface area contributed by atoms with Gasteiger partial charge in [-0.1, -0.05) is 5.21 Å². The Morgan fingerprint density at radius 3 is 3.05 bits per heavy atom. The van der Waals surface area contributed by atoms with Crippen molar-refractivity contribution in [3.05, 3.63) is 35.9 Å². The molecule has 3 rings (SSSR count). The summed E-state index contributed by atoms with van der Waals surface area (Å²) in [4.78, 5) is 11.9. The lowest BCUT2D eigenvalue weighted by atomic mass is 10.2. The van der Waals surface area contributed by atoms with Crippen molar-refractivity contribution in [3.8, 4) is 0 Å². The van der Waals surface area contributed by atoms with E-state index in [0.717, 1.165) is 13.1 Å². The van der Waals surface area contributed by atoms with Gasteiger partial charge in [0.25, 0.3) is 5.91 Å². The summed E-state index contributed by atoms with van der Waals surface area (Å²) in [5.41, 5.74) is 1.02. The van der Waals surface area contributed by atoms with Crippen LogP contribution in [0.25, 0.3) is 0 Å². The molecule has 0 aliphatic carbocycles. The number of carbonyl (C=O) groups excluding carboxylic acids is 1. The van der Waals surface area contributed by atoms with Crippen LogP contribution < -0.4 is 10.6 Å². The van der Waals surface area contributed by atoms with Crippen molar-refractivity contribution in [1.29, 1.82) is 0 Å². The van der Waals surface area contributed by atoms with Gasteiger partial charge in [0.2, 0.25) is 0 Å². The third-order valence-corrected chi connectivity index (χ3v) is 2.93. The van der Waals surface area contributed by atoms with E-state index in [-0.39, 0.29) is 5.91 Å². The lowest BCUT2D eigenvalue weighted by Crippen LogP contribution is -2.43. The molecule has 8 nitrogen and oxygen atoms in total. The Bertz CT molecular complexity index is 563. The molecule has 2 aromatic heterocycles. The summed E-state index contributed by atoms with van der Waals surface area (Å²) in [5, 5.41) is 21.3. The minimum Gasteiger partial charge on any atom is -0.345 e. The van der Waals surface area contributed by atoms with E-state index in [2.05, 4.69) is 31.1 Å².